The molecule has 266 valence electrons. The average Bonchev–Trinajstić information content (AvgIpc) is 3.83. The molecule has 12 heteroatoms. The zero-order chi connectivity index (χ0) is 35.7. The Labute approximate surface area is 301 Å². The predicted octanol–water partition coefficient (Wildman–Crippen LogP) is 5.19. The number of aromatic nitrogens is 3. The van der Waals surface area contributed by atoms with Crippen LogP contribution in [0.2, 0.25) is 0 Å². The third kappa shape index (κ3) is 5.41. The van der Waals surface area contributed by atoms with Gasteiger partial charge in [-0.3, -0.25) is 24.1 Å². The molecular weight excluding hydrogens is 660 g/mol. The molecule has 1 spiro atoms. The minimum Gasteiger partial charge on any atom is -0.508 e. The third-order valence-corrected chi connectivity index (χ3v) is 11.1. The summed E-state index contributed by atoms with van der Waals surface area (Å²) in [6, 6.07) is 20.3. The number of phenols is 1. The zero-order valence-electron chi connectivity index (χ0n) is 29.4. The molecule has 1 N–H and O–H groups in total. The van der Waals surface area contributed by atoms with E-state index in [0.29, 0.717) is 51.8 Å². The topological polar surface area (TPSA) is 115 Å². The minimum atomic E-state index is -0.276. The van der Waals surface area contributed by atoms with E-state index in [2.05, 4.69) is 28.2 Å². The van der Waals surface area contributed by atoms with Crippen molar-refractivity contribution < 1.29 is 28.9 Å². The van der Waals surface area contributed by atoms with Gasteiger partial charge in [0.25, 0.3) is 11.8 Å². The van der Waals surface area contributed by atoms with Gasteiger partial charge in [0.05, 0.1) is 35.2 Å². The Morgan fingerprint density at radius 3 is 2.38 bits per heavy atom. The number of fused-ring (bicyclic) bond motifs is 2. The van der Waals surface area contributed by atoms with Crippen LogP contribution in [0.1, 0.15) is 44.0 Å². The SMILES string of the molecule is Cc1c(C(=O)N(c2ccc(O)cc2)c2cnn(C)c2)cc(-c2cc3c(cc2C(=O)N2Cc4ccccc4C[C@H]2CN2CC4(CCO4)C2)OCO3)n1C. The molecule has 0 radical (unpaired) electrons. The van der Waals surface area contributed by atoms with Crippen molar-refractivity contribution in [2.75, 3.05) is 37.9 Å². The van der Waals surface area contributed by atoms with E-state index in [4.69, 9.17) is 14.2 Å². The molecule has 3 aromatic carbocycles. The van der Waals surface area contributed by atoms with Crippen LogP contribution in [0, 0.1) is 6.92 Å². The van der Waals surface area contributed by atoms with Crippen molar-refractivity contribution in [1.29, 1.82) is 0 Å². The van der Waals surface area contributed by atoms with Gasteiger partial charge in [-0.05, 0) is 66.9 Å². The molecule has 0 unspecified atom stereocenters. The largest absolute Gasteiger partial charge is 0.508 e. The number of likely N-dealkylation sites (tertiary alicyclic amines) is 1. The number of rotatable bonds is 7. The number of anilines is 2. The lowest BCUT2D eigenvalue weighted by molar-refractivity contribution is -0.223. The second kappa shape index (κ2) is 12.3. The highest BCUT2D eigenvalue weighted by atomic mass is 16.7. The van der Waals surface area contributed by atoms with E-state index in [0.717, 1.165) is 50.3 Å². The molecule has 0 saturated carbocycles. The van der Waals surface area contributed by atoms with Gasteiger partial charge in [-0.25, -0.2) is 0 Å². The van der Waals surface area contributed by atoms with Gasteiger partial charge in [0.15, 0.2) is 11.5 Å². The molecule has 1 atom stereocenters. The molecule has 4 aliphatic heterocycles. The lowest BCUT2D eigenvalue weighted by Gasteiger charge is -2.56. The average molecular weight is 701 g/mol. The van der Waals surface area contributed by atoms with Crippen molar-refractivity contribution in [3.05, 3.63) is 107 Å². The Morgan fingerprint density at radius 2 is 1.69 bits per heavy atom. The van der Waals surface area contributed by atoms with Gasteiger partial charge in [-0.2, -0.15) is 5.10 Å². The number of aromatic hydroxyl groups is 1. The molecule has 52 heavy (non-hydrogen) atoms. The van der Waals surface area contributed by atoms with Crippen molar-refractivity contribution >= 4 is 23.2 Å². The maximum absolute atomic E-state index is 15.0. The molecule has 0 aliphatic carbocycles. The van der Waals surface area contributed by atoms with Crippen molar-refractivity contribution in [2.24, 2.45) is 14.1 Å². The van der Waals surface area contributed by atoms with Crippen molar-refractivity contribution in [3.8, 4) is 28.5 Å². The van der Waals surface area contributed by atoms with Gasteiger partial charge in [0, 0.05) is 81.6 Å². The first kappa shape index (κ1) is 32.3. The zero-order valence-corrected chi connectivity index (χ0v) is 29.4. The molecule has 4 aliphatic rings. The van der Waals surface area contributed by atoms with Crippen LogP contribution >= 0.6 is 0 Å². The van der Waals surface area contributed by atoms with Gasteiger partial charge in [-0.15, -0.1) is 0 Å². The summed E-state index contributed by atoms with van der Waals surface area (Å²) in [5.41, 5.74) is 6.58. The Morgan fingerprint density at radius 1 is 0.962 bits per heavy atom. The van der Waals surface area contributed by atoms with Gasteiger partial charge in [0.2, 0.25) is 6.79 Å². The normalized spacial score (nSPS) is 18.5. The number of hydrogen-bond acceptors (Lipinski definition) is 8. The number of benzene rings is 3. The van der Waals surface area contributed by atoms with E-state index >= 15 is 4.79 Å². The van der Waals surface area contributed by atoms with Crippen LogP contribution in [0.3, 0.4) is 0 Å². The highest BCUT2D eigenvalue weighted by Crippen LogP contribution is 2.42. The first-order chi connectivity index (χ1) is 25.2. The summed E-state index contributed by atoms with van der Waals surface area (Å²) < 4.78 is 21.1. The second-order valence-electron chi connectivity index (χ2n) is 14.4. The summed E-state index contributed by atoms with van der Waals surface area (Å²) in [5.74, 6) is 0.787. The van der Waals surface area contributed by atoms with E-state index in [1.54, 1.807) is 59.4 Å². The predicted molar refractivity (Wildman–Crippen MR) is 193 cm³/mol. The van der Waals surface area contributed by atoms with Crippen LogP contribution in [0.15, 0.2) is 79.1 Å². The quantitative estimate of drug-likeness (QED) is 0.247. The third-order valence-electron chi connectivity index (χ3n) is 11.1. The van der Waals surface area contributed by atoms with E-state index < -0.39 is 0 Å². The van der Waals surface area contributed by atoms with Gasteiger partial charge in [0.1, 0.15) is 5.75 Å². The standard InChI is InChI=1S/C40H40N6O6/c1-25-32(39(49)46(30-18-41-42(2)20-30)28-8-10-31(47)11-9-28)15-35(43(25)3)33-16-36-37(51-24-50-36)17-34(33)38(48)45-19-27-7-5-4-6-26(27)14-29(45)21-44-22-40(23-44)12-13-52-40/h4-11,15-18,20,29,47H,12-14,19,21-24H2,1-3H3/t29-/m0/s1. The summed E-state index contributed by atoms with van der Waals surface area (Å²) in [7, 11) is 3.69. The highest BCUT2D eigenvalue weighted by molar-refractivity contribution is 6.12. The fourth-order valence-electron chi connectivity index (χ4n) is 8.11. The molecule has 2 saturated heterocycles. The number of carbonyl (C=O) groups is 2. The summed E-state index contributed by atoms with van der Waals surface area (Å²) in [6.07, 6.45) is 5.25. The Bertz CT molecular complexity index is 2210. The van der Waals surface area contributed by atoms with Crippen LogP contribution < -0.4 is 14.4 Å². The maximum atomic E-state index is 15.0. The number of phenolic OH excluding ortho intramolecular Hbond substituents is 1. The van der Waals surface area contributed by atoms with Crippen LogP contribution in [0.25, 0.3) is 11.3 Å². The van der Waals surface area contributed by atoms with Crippen molar-refractivity contribution in [1.82, 2.24) is 24.1 Å². The molecule has 2 amide bonds. The number of hydrogen-bond donors (Lipinski definition) is 1. The Kier molecular flexibility index (Phi) is 7.63. The fraction of sp³-hybridized carbons (Fsp3) is 0.325. The van der Waals surface area contributed by atoms with Crippen LogP contribution in [0.5, 0.6) is 17.2 Å². The van der Waals surface area contributed by atoms with Crippen LogP contribution in [0.4, 0.5) is 11.4 Å². The molecule has 6 heterocycles. The van der Waals surface area contributed by atoms with Crippen molar-refractivity contribution in [3.63, 3.8) is 0 Å². The van der Waals surface area contributed by atoms with Gasteiger partial charge < -0.3 is 28.8 Å². The first-order valence-electron chi connectivity index (χ1n) is 17.6. The van der Waals surface area contributed by atoms with E-state index in [1.807, 2.05) is 41.6 Å². The van der Waals surface area contributed by atoms with Crippen molar-refractivity contribution in [2.45, 2.75) is 38.0 Å². The van der Waals surface area contributed by atoms with Crippen LogP contribution in [-0.2, 0) is 31.8 Å². The first-order valence-corrected chi connectivity index (χ1v) is 17.6. The molecular formula is C40H40N6O6. The molecule has 9 rings (SSSR count). The molecule has 2 fully saturated rings. The van der Waals surface area contributed by atoms with Gasteiger partial charge >= 0.3 is 0 Å². The summed E-state index contributed by atoms with van der Waals surface area (Å²) in [4.78, 5) is 35.6. The monoisotopic (exact) mass is 700 g/mol. The fourth-order valence-corrected chi connectivity index (χ4v) is 8.11. The Balaban J connectivity index is 1.10. The summed E-state index contributed by atoms with van der Waals surface area (Å²) in [5, 5.41) is 14.3. The minimum absolute atomic E-state index is 0.000325. The smallest absolute Gasteiger partial charge is 0.264 e. The second-order valence-corrected chi connectivity index (χ2v) is 14.4. The molecule has 5 aromatic rings. The molecule has 0 bridgehead atoms. The van der Waals surface area contributed by atoms with E-state index in [9.17, 15) is 9.90 Å². The summed E-state index contributed by atoms with van der Waals surface area (Å²) >= 11 is 0. The lowest BCUT2D eigenvalue weighted by Crippen LogP contribution is -2.69. The number of carbonyl (C=O) groups excluding carboxylic acids is 2. The van der Waals surface area contributed by atoms with E-state index in [1.165, 1.54) is 5.56 Å². The number of nitrogens with zero attached hydrogens (tertiary/aromatic N) is 6. The maximum Gasteiger partial charge on any atom is 0.264 e. The molecule has 2 aromatic heterocycles. The number of amides is 2. The number of ether oxygens (including phenoxy) is 3. The number of aryl methyl sites for hydroxylation is 1. The summed E-state index contributed by atoms with van der Waals surface area (Å²) in [6.45, 7) is 5.82. The molecule has 12 nitrogen and oxygen atoms in total. The lowest BCUT2D eigenvalue weighted by atomic mass is 9.85. The highest BCUT2D eigenvalue weighted by Gasteiger charge is 2.50. The van der Waals surface area contributed by atoms with Gasteiger partial charge in [-0.1, -0.05) is 24.3 Å². The van der Waals surface area contributed by atoms with E-state index in [-0.39, 0.29) is 36.0 Å². The van der Waals surface area contributed by atoms with Crippen LogP contribution in [-0.4, -0.2) is 85.7 Å². The Hall–Kier alpha value is -5.59.